The van der Waals surface area contributed by atoms with Crippen molar-refractivity contribution in [2.45, 2.75) is 45.1 Å². The van der Waals surface area contributed by atoms with Crippen molar-refractivity contribution in [3.05, 3.63) is 48.2 Å². The lowest BCUT2D eigenvalue weighted by molar-refractivity contribution is 0.137. The van der Waals surface area contributed by atoms with Crippen molar-refractivity contribution in [3.63, 3.8) is 0 Å². The molecule has 0 aromatic heterocycles. The molecule has 1 aliphatic carbocycles. The van der Waals surface area contributed by atoms with Crippen molar-refractivity contribution in [2.24, 2.45) is 11.8 Å². The van der Waals surface area contributed by atoms with E-state index in [2.05, 4.69) is 95.4 Å². The number of benzene rings is 1. The van der Waals surface area contributed by atoms with E-state index in [4.69, 9.17) is 4.74 Å². The predicted octanol–water partition coefficient (Wildman–Crippen LogP) is 6.19. The van der Waals surface area contributed by atoms with Crippen LogP contribution < -0.4 is 10.1 Å². The third-order valence-corrected chi connectivity index (χ3v) is 10.0. The van der Waals surface area contributed by atoms with Crippen LogP contribution in [0.2, 0.25) is 0 Å². The Morgan fingerprint density at radius 1 is 1.21 bits per heavy atom. The second kappa shape index (κ2) is 12.7. The molecule has 0 bridgehead atoms. The van der Waals surface area contributed by atoms with Gasteiger partial charge in [-0.2, -0.15) is 0 Å². The van der Waals surface area contributed by atoms with E-state index in [1.54, 1.807) is 0 Å². The smallest absolute Gasteiger partial charge is 0.119 e. The van der Waals surface area contributed by atoms with Crippen molar-refractivity contribution in [1.29, 1.82) is 0 Å². The monoisotopic (exact) mass is 582 g/mol. The van der Waals surface area contributed by atoms with Gasteiger partial charge >= 0.3 is 0 Å². The number of nitrogens with one attached hydrogen (secondary N) is 1. The van der Waals surface area contributed by atoms with Gasteiger partial charge in [0.1, 0.15) is 5.75 Å². The molecule has 1 saturated carbocycles. The van der Waals surface area contributed by atoms with E-state index in [0.717, 1.165) is 66.8 Å². The van der Waals surface area contributed by atoms with Crippen molar-refractivity contribution < 1.29 is 4.74 Å². The SMILES string of the molecule is C=C(CCN(C)C1CC(C)CC(CI)C1)NCCCOc1ccc(C2=CCS(=C)(=C)C2)cc1. The Labute approximate surface area is 216 Å². The number of hydrogen-bond donors (Lipinski definition) is 1. The summed E-state index contributed by atoms with van der Waals surface area (Å²) < 4.78 is 7.23. The molecule has 1 heterocycles. The molecule has 0 saturated heterocycles. The van der Waals surface area contributed by atoms with Crippen molar-refractivity contribution in [3.8, 4) is 5.75 Å². The van der Waals surface area contributed by atoms with Gasteiger partial charge in [-0.3, -0.25) is 0 Å². The summed E-state index contributed by atoms with van der Waals surface area (Å²) in [5, 5.41) is 3.49. The minimum atomic E-state index is -0.943. The van der Waals surface area contributed by atoms with Gasteiger partial charge in [-0.15, -0.1) is 0 Å². The molecule has 1 aliphatic heterocycles. The summed E-state index contributed by atoms with van der Waals surface area (Å²) >= 11 is 2.56. The fraction of sp³-hybridized carbons (Fsp3) is 0.571. The first-order chi connectivity index (χ1) is 15.8. The number of ether oxygens (including phenoxy) is 1. The quantitative estimate of drug-likeness (QED) is 0.138. The van der Waals surface area contributed by atoms with Crippen LogP contribution in [-0.4, -0.2) is 65.4 Å². The Hall–Kier alpha value is -0.920. The summed E-state index contributed by atoms with van der Waals surface area (Å²) in [5.41, 5.74) is 3.80. The number of nitrogens with zero attached hydrogens (tertiary/aromatic N) is 1. The maximum Gasteiger partial charge on any atom is 0.119 e. The molecule has 1 aromatic rings. The molecule has 3 nitrogen and oxygen atoms in total. The normalized spacial score (nSPS) is 24.5. The zero-order valence-corrected chi connectivity index (χ0v) is 23.6. The number of halogens is 1. The van der Waals surface area contributed by atoms with Gasteiger partial charge in [0, 0.05) is 40.8 Å². The van der Waals surface area contributed by atoms with Gasteiger partial charge in [0.15, 0.2) is 0 Å². The molecule has 0 spiro atoms. The molecule has 5 heteroatoms. The highest BCUT2D eigenvalue weighted by atomic mass is 127. The summed E-state index contributed by atoms with van der Waals surface area (Å²) in [4.78, 5) is 2.56. The highest BCUT2D eigenvalue weighted by molar-refractivity contribution is 14.1. The molecular weight excluding hydrogens is 539 g/mol. The molecule has 3 unspecified atom stereocenters. The maximum absolute atomic E-state index is 5.94. The lowest BCUT2D eigenvalue weighted by Crippen LogP contribution is -2.39. The second-order valence-corrected chi connectivity index (χ2v) is 14.2. The van der Waals surface area contributed by atoms with Crippen LogP contribution in [-0.2, 0) is 0 Å². The Kier molecular flexibility index (Phi) is 10.3. The van der Waals surface area contributed by atoms with Gasteiger partial charge in [0.25, 0.3) is 0 Å². The van der Waals surface area contributed by atoms with E-state index in [-0.39, 0.29) is 0 Å². The van der Waals surface area contributed by atoms with Crippen LogP contribution in [0, 0.1) is 11.8 Å². The van der Waals surface area contributed by atoms with E-state index < -0.39 is 9.21 Å². The number of hydrogen-bond acceptors (Lipinski definition) is 3. The molecule has 1 fully saturated rings. The number of rotatable bonds is 12. The third kappa shape index (κ3) is 8.66. The molecule has 3 atom stereocenters. The van der Waals surface area contributed by atoms with Gasteiger partial charge in [-0.05, 0) is 74.3 Å². The van der Waals surface area contributed by atoms with Crippen LogP contribution in [0.5, 0.6) is 5.75 Å². The zero-order valence-electron chi connectivity index (χ0n) is 20.7. The van der Waals surface area contributed by atoms with E-state index in [9.17, 15) is 0 Å². The standard InChI is InChI=1S/C28H43IN2OS/c1-22-17-24(20-29)19-27(18-22)31(3)14-11-23(2)30-13-6-15-32-28-9-7-25(8-10-28)26-12-16-33(4,5)21-26/h7-10,12,22,24,27,30H,2,4-6,11,13-21H2,1,3H3. The first kappa shape index (κ1) is 26.7. The van der Waals surface area contributed by atoms with Gasteiger partial charge in [0.2, 0.25) is 0 Å². The molecule has 0 radical (unpaired) electrons. The Balaban J connectivity index is 1.28. The minimum absolute atomic E-state index is 0.713. The maximum atomic E-state index is 5.94. The largest absolute Gasteiger partial charge is 0.494 e. The average Bonchev–Trinajstić information content (AvgIpc) is 3.16. The summed E-state index contributed by atoms with van der Waals surface area (Å²) in [6, 6.07) is 9.21. The molecule has 2 aliphatic rings. The highest BCUT2D eigenvalue weighted by Gasteiger charge is 2.28. The Morgan fingerprint density at radius 3 is 2.64 bits per heavy atom. The lowest BCUT2D eigenvalue weighted by atomic mass is 9.80. The van der Waals surface area contributed by atoms with E-state index in [1.165, 1.54) is 34.8 Å². The van der Waals surface area contributed by atoms with Crippen LogP contribution in [0.15, 0.2) is 42.6 Å². The average molecular weight is 583 g/mol. The molecule has 1 N–H and O–H groups in total. The second-order valence-electron chi connectivity index (χ2n) is 10.2. The molecule has 33 heavy (non-hydrogen) atoms. The first-order valence-electron chi connectivity index (χ1n) is 12.3. The molecule has 184 valence electrons. The van der Waals surface area contributed by atoms with Crippen LogP contribution in [0.25, 0.3) is 5.57 Å². The Bertz CT molecular complexity index is 906. The van der Waals surface area contributed by atoms with E-state index in [0.29, 0.717) is 6.61 Å². The summed E-state index contributed by atoms with van der Waals surface area (Å²) in [5.74, 6) is 13.3. The zero-order chi connectivity index (χ0) is 23.8. The lowest BCUT2D eigenvalue weighted by Gasteiger charge is -2.38. The van der Waals surface area contributed by atoms with Crippen molar-refractivity contribution in [2.75, 3.05) is 42.7 Å². The summed E-state index contributed by atoms with van der Waals surface area (Å²) in [7, 11) is 1.35. The fourth-order valence-corrected chi connectivity index (χ4v) is 7.33. The van der Waals surface area contributed by atoms with Crippen LogP contribution in [0.3, 0.4) is 0 Å². The van der Waals surface area contributed by atoms with Crippen LogP contribution in [0.4, 0.5) is 0 Å². The van der Waals surface area contributed by atoms with Crippen LogP contribution in [0.1, 0.15) is 44.6 Å². The fourth-order valence-electron chi connectivity index (χ4n) is 4.99. The van der Waals surface area contributed by atoms with Gasteiger partial charge in [-0.25, -0.2) is 9.21 Å². The number of alkyl halides is 1. The van der Waals surface area contributed by atoms with Crippen LogP contribution >= 0.6 is 31.8 Å². The molecule has 3 rings (SSSR count). The predicted molar refractivity (Wildman–Crippen MR) is 160 cm³/mol. The molecular formula is C28H43IN2OS. The minimum Gasteiger partial charge on any atom is -0.494 e. The molecule has 1 aromatic carbocycles. The topological polar surface area (TPSA) is 24.5 Å². The first-order valence-corrected chi connectivity index (χ1v) is 16.1. The van der Waals surface area contributed by atoms with E-state index >= 15 is 0 Å². The van der Waals surface area contributed by atoms with Crippen molar-refractivity contribution in [1.82, 2.24) is 10.2 Å². The van der Waals surface area contributed by atoms with E-state index in [1.807, 2.05) is 0 Å². The third-order valence-electron chi connectivity index (χ3n) is 6.96. The highest BCUT2D eigenvalue weighted by Crippen LogP contribution is 2.35. The van der Waals surface area contributed by atoms with Gasteiger partial charge < -0.3 is 15.0 Å². The van der Waals surface area contributed by atoms with Crippen molar-refractivity contribution >= 4 is 49.1 Å². The summed E-state index contributed by atoms with van der Waals surface area (Å²) in [6.45, 7) is 9.36. The molecule has 0 amide bonds. The van der Waals surface area contributed by atoms with Gasteiger partial charge in [0.05, 0.1) is 6.61 Å². The van der Waals surface area contributed by atoms with Gasteiger partial charge in [-0.1, -0.05) is 66.0 Å². The Morgan fingerprint density at radius 2 is 1.97 bits per heavy atom. The summed E-state index contributed by atoms with van der Waals surface area (Å²) in [6.07, 6.45) is 8.38.